The summed E-state index contributed by atoms with van der Waals surface area (Å²) in [5.41, 5.74) is 6.36. The van der Waals surface area contributed by atoms with E-state index in [1.807, 2.05) is 36.4 Å². The van der Waals surface area contributed by atoms with E-state index in [1.54, 1.807) is 12.1 Å². The largest absolute Gasteiger partial charge is 0.573 e. The Morgan fingerprint density at radius 1 is 0.921 bits per heavy atom. The fraction of sp³-hybridized carbons (Fsp3) is 0.355. The number of nitrogens with zero attached hydrogens (tertiary/aromatic N) is 1. The van der Waals surface area contributed by atoms with E-state index in [0.717, 1.165) is 78.9 Å². The standard InChI is InChI=1S/C31H30F4NO2/c32-18-4-19-36-20-17-27(21-36)37-25-13-11-24(12-14-25)30-28-7-2-1-5-22(28)6-3-8-29(30)23-9-15-26(16-10-23)38-31(33,34)35/h2,5,7,9-16,27H,3-4,6,8,17-21H2/t27-/m0/s1. The second-order valence-electron chi connectivity index (χ2n) is 9.76. The van der Waals surface area contributed by atoms with Crippen molar-refractivity contribution in [3.05, 3.63) is 95.1 Å². The first-order valence-electron chi connectivity index (χ1n) is 13.0. The maximum atomic E-state index is 12.7. The van der Waals surface area contributed by atoms with Gasteiger partial charge >= 0.3 is 6.36 Å². The lowest BCUT2D eigenvalue weighted by molar-refractivity contribution is -0.274. The maximum absolute atomic E-state index is 12.7. The number of benzene rings is 3. The number of rotatable bonds is 8. The van der Waals surface area contributed by atoms with E-state index in [2.05, 4.69) is 21.8 Å². The zero-order valence-corrected chi connectivity index (χ0v) is 21.1. The third-order valence-corrected chi connectivity index (χ3v) is 7.11. The van der Waals surface area contributed by atoms with Crippen LogP contribution in [0.4, 0.5) is 17.6 Å². The first-order chi connectivity index (χ1) is 18.4. The van der Waals surface area contributed by atoms with Gasteiger partial charge in [0.25, 0.3) is 0 Å². The predicted octanol–water partition coefficient (Wildman–Crippen LogP) is 7.49. The molecule has 0 saturated carbocycles. The van der Waals surface area contributed by atoms with E-state index in [-0.39, 0.29) is 18.5 Å². The van der Waals surface area contributed by atoms with Gasteiger partial charge in [-0.3, -0.25) is 9.29 Å². The number of hydrogen-bond acceptors (Lipinski definition) is 3. The Balaban J connectivity index is 1.44. The van der Waals surface area contributed by atoms with Crippen LogP contribution in [0.15, 0.2) is 66.7 Å². The summed E-state index contributed by atoms with van der Waals surface area (Å²) in [5, 5.41) is 0. The molecule has 38 heavy (non-hydrogen) atoms. The van der Waals surface area contributed by atoms with Crippen molar-refractivity contribution in [3.8, 4) is 11.5 Å². The molecule has 0 amide bonds. The van der Waals surface area contributed by atoms with Crippen LogP contribution in [0.25, 0.3) is 11.1 Å². The van der Waals surface area contributed by atoms with Crippen LogP contribution in [0.3, 0.4) is 0 Å². The van der Waals surface area contributed by atoms with Gasteiger partial charge in [-0.25, -0.2) is 0 Å². The van der Waals surface area contributed by atoms with Crippen LogP contribution in [0, 0.1) is 6.07 Å². The van der Waals surface area contributed by atoms with Gasteiger partial charge in [0.15, 0.2) is 0 Å². The van der Waals surface area contributed by atoms with Crippen LogP contribution < -0.4 is 9.47 Å². The number of allylic oxidation sites excluding steroid dienone is 1. The van der Waals surface area contributed by atoms with Gasteiger partial charge in [0.2, 0.25) is 0 Å². The highest BCUT2D eigenvalue weighted by atomic mass is 19.4. The number of aryl methyl sites for hydroxylation is 1. The molecule has 1 radical (unpaired) electrons. The van der Waals surface area contributed by atoms with Gasteiger partial charge in [-0.15, -0.1) is 13.2 Å². The number of halogens is 4. The Bertz CT molecular complexity index is 1250. The molecule has 3 aromatic carbocycles. The predicted molar refractivity (Wildman–Crippen MR) is 140 cm³/mol. The van der Waals surface area contributed by atoms with Gasteiger partial charge in [0.05, 0.1) is 6.67 Å². The summed E-state index contributed by atoms with van der Waals surface area (Å²) in [4.78, 5) is 2.24. The van der Waals surface area contributed by atoms with Gasteiger partial charge in [0, 0.05) is 19.6 Å². The summed E-state index contributed by atoms with van der Waals surface area (Å²) in [6.07, 6.45) is -0.556. The van der Waals surface area contributed by atoms with Crippen molar-refractivity contribution in [1.29, 1.82) is 0 Å². The molecule has 0 N–H and O–H groups in total. The second kappa shape index (κ2) is 11.6. The number of alkyl halides is 4. The Labute approximate surface area is 220 Å². The first-order valence-corrected chi connectivity index (χ1v) is 13.0. The summed E-state index contributed by atoms with van der Waals surface area (Å²) < 4.78 is 60.8. The second-order valence-corrected chi connectivity index (χ2v) is 9.76. The summed E-state index contributed by atoms with van der Waals surface area (Å²) in [6, 6.07) is 23.3. The molecule has 1 atom stereocenters. The molecule has 199 valence electrons. The van der Waals surface area contributed by atoms with Crippen molar-refractivity contribution in [1.82, 2.24) is 4.90 Å². The van der Waals surface area contributed by atoms with Gasteiger partial charge in [-0.2, -0.15) is 0 Å². The molecule has 0 unspecified atom stereocenters. The van der Waals surface area contributed by atoms with Crippen LogP contribution in [0.2, 0.25) is 0 Å². The van der Waals surface area contributed by atoms with Crippen molar-refractivity contribution in [2.24, 2.45) is 0 Å². The van der Waals surface area contributed by atoms with Crippen molar-refractivity contribution in [2.45, 2.75) is 44.6 Å². The molecule has 1 saturated heterocycles. The third-order valence-electron chi connectivity index (χ3n) is 7.11. The van der Waals surface area contributed by atoms with Crippen LogP contribution in [0.1, 0.15) is 47.9 Å². The topological polar surface area (TPSA) is 21.7 Å². The zero-order chi connectivity index (χ0) is 26.5. The van der Waals surface area contributed by atoms with E-state index in [1.165, 1.54) is 17.7 Å². The molecule has 1 aliphatic heterocycles. The van der Waals surface area contributed by atoms with Crippen LogP contribution in [-0.4, -0.2) is 43.7 Å². The lowest BCUT2D eigenvalue weighted by Gasteiger charge is -2.19. The smallest absolute Gasteiger partial charge is 0.489 e. The third kappa shape index (κ3) is 6.38. The van der Waals surface area contributed by atoms with Crippen molar-refractivity contribution >= 4 is 11.1 Å². The zero-order valence-electron chi connectivity index (χ0n) is 21.1. The van der Waals surface area contributed by atoms with E-state index in [9.17, 15) is 17.6 Å². The van der Waals surface area contributed by atoms with E-state index < -0.39 is 6.36 Å². The highest BCUT2D eigenvalue weighted by Gasteiger charge is 2.31. The average molecular weight is 525 g/mol. The molecule has 0 aromatic heterocycles. The molecule has 1 aliphatic carbocycles. The number of fused-ring (bicyclic) bond motifs is 1. The van der Waals surface area contributed by atoms with Gasteiger partial charge in [-0.1, -0.05) is 42.5 Å². The number of ether oxygens (including phenoxy) is 2. The van der Waals surface area contributed by atoms with E-state index >= 15 is 0 Å². The SMILES string of the molecule is FCCCN1CC[C@H](Oc2ccc(C3=C(c4ccc(OC(F)(F)F)cc4)CCCc4c[c]ccc43)cc2)C1. The lowest BCUT2D eigenvalue weighted by atomic mass is 9.88. The first kappa shape index (κ1) is 26.3. The summed E-state index contributed by atoms with van der Waals surface area (Å²) in [5.74, 6) is 0.556. The minimum Gasteiger partial charge on any atom is -0.489 e. The molecule has 7 heteroatoms. The molecule has 0 spiro atoms. The molecular formula is C31H30F4NO2. The fourth-order valence-corrected chi connectivity index (χ4v) is 5.41. The minimum atomic E-state index is -4.72. The normalized spacial score (nSPS) is 18.3. The minimum absolute atomic E-state index is 0.0850. The van der Waals surface area contributed by atoms with Gasteiger partial charge in [0.1, 0.15) is 17.6 Å². The molecule has 2 aliphatic rings. The Hall–Kier alpha value is -3.32. The molecule has 3 nitrogen and oxygen atoms in total. The highest BCUT2D eigenvalue weighted by Crippen LogP contribution is 2.40. The fourth-order valence-electron chi connectivity index (χ4n) is 5.41. The van der Waals surface area contributed by atoms with Crippen LogP contribution >= 0.6 is 0 Å². The van der Waals surface area contributed by atoms with Crippen molar-refractivity contribution in [3.63, 3.8) is 0 Å². The Morgan fingerprint density at radius 2 is 1.66 bits per heavy atom. The van der Waals surface area contributed by atoms with Gasteiger partial charge in [-0.05, 0) is 95.8 Å². The van der Waals surface area contributed by atoms with E-state index in [0.29, 0.717) is 6.42 Å². The van der Waals surface area contributed by atoms with Crippen molar-refractivity contribution in [2.75, 3.05) is 26.3 Å². The molecule has 5 rings (SSSR count). The van der Waals surface area contributed by atoms with Crippen LogP contribution in [-0.2, 0) is 6.42 Å². The van der Waals surface area contributed by atoms with Crippen LogP contribution in [0.5, 0.6) is 11.5 Å². The molecule has 0 bridgehead atoms. The summed E-state index contributed by atoms with van der Waals surface area (Å²) in [6.45, 7) is 2.18. The monoisotopic (exact) mass is 524 g/mol. The Kier molecular flexibility index (Phi) is 8.03. The number of likely N-dealkylation sites (tertiary alicyclic amines) is 1. The number of hydrogen-bond donors (Lipinski definition) is 0. The highest BCUT2D eigenvalue weighted by molar-refractivity contribution is 5.99. The Morgan fingerprint density at radius 3 is 2.39 bits per heavy atom. The summed E-state index contributed by atoms with van der Waals surface area (Å²) >= 11 is 0. The summed E-state index contributed by atoms with van der Waals surface area (Å²) in [7, 11) is 0. The molecule has 1 fully saturated rings. The van der Waals surface area contributed by atoms with E-state index in [4.69, 9.17) is 4.74 Å². The average Bonchev–Trinajstić information content (AvgIpc) is 3.25. The maximum Gasteiger partial charge on any atom is 0.573 e. The quantitative estimate of drug-likeness (QED) is 0.285. The molecule has 3 aromatic rings. The molecule has 1 heterocycles. The van der Waals surface area contributed by atoms with Crippen molar-refractivity contribution < 1.29 is 27.0 Å². The van der Waals surface area contributed by atoms with Gasteiger partial charge < -0.3 is 9.47 Å². The lowest BCUT2D eigenvalue weighted by Crippen LogP contribution is -2.26. The molecular weight excluding hydrogens is 494 g/mol.